The van der Waals surface area contributed by atoms with Crippen molar-refractivity contribution in [2.45, 2.75) is 39.3 Å². The number of anilines is 2. The lowest BCUT2D eigenvalue weighted by atomic mass is 10.1. The van der Waals surface area contributed by atoms with E-state index in [9.17, 15) is 0 Å². The molecule has 4 rings (SSSR count). The van der Waals surface area contributed by atoms with Gasteiger partial charge >= 0.3 is 0 Å². The number of aryl methyl sites for hydroxylation is 1. The molecule has 0 aliphatic carbocycles. The Hall–Kier alpha value is -2.30. The van der Waals surface area contributed by atoms with Crippen LogP contribution in [0.25, 0.3) is 11.2 Å². The highest BCUT2D eigenvalue weighted by atomic mass is 32.1. The van der Waals surface area contributed by atoms with E-state index in [4.69, 9.17) is 9.72 Å². The standard InChI is InChI=1S/C20H30N8OS/c1-3-29-14-13-28-18-17(5-4-8-21-18)24-19(28)23-16-6-10-27(11-7-16)12-9-22-20-26-25-15(2)30-20/h4-5,8,16H,3,6-7,9-14H2,1-2H3,(H,22,26)(H,23,24). The second kappa shape index (κ2) is 10.1. The highest BCUT2D eigenvalue weighted by Gasteiger charge is 2.21. The molecule has 162 valence electrons. The Morgan fingerprint density at radius 1 is 1.23 bits per heavy atom. The van der Waals surface area contributed by atoms with Gasteiger partial charge in [-0.1, -0.05) is 11.3 Å². The van der Waals surface area contributed by atoms with Gasteiger partial charge < -0.3 is 20.3 Å². The van der Waals surface area contributed by atoms with Crippen LogP contribution in [-0.4, -0.2) is 75.1 Å². The van der Waals surface area contributed by atoms with Crippen LogP contribution in [-0.2, 0) is 11.3 Å². The molecule has 2 N–H and O–H groups in total. The van der Waals surface area contributed by atoms with Crippen LogP contribution in [0.15, 0.2) is 18.3 Å². The SMILES string of the molecule is CCOCCn1c(NC2CCN(CCNc3nnc(C)s3)CC2)nc2cccnc21. The van der Waals surface area contributed by atoms with Crippen molar-refractivity contribution in [3.8, 4) is 0 Å². The molecule has 0 unspecified atom stereocenters. The fourth-order valence-corrected chi connectivity index (χ4v) is 4.37. The molecule has 30 heavy (non-hydrogen) atoms. The summed E-state index contributed by atoms with van der Waals surface area (Å²) >= 11 is 1.60. The summed E-state index contributed by atoms with van der Waals surface area (Å²) in [6.45, 7) is 10.2. The normalized spacial score (nSPS) is 15.7. The molecule has 0 atom stereocenters. The highest BCUT2D eigenvalue weighted by molar-refractivity contribution is 7.15. The predicted molar refractivity (Wildman–Crippen MR) is 120 cm³/mol. The van der Waals surface area contributed by atoms with Crippen LogP contribution < -0.4 is 10.6 Å². The van der Waals surface area contributed by atoms with Crippen LogP contribution in [0.4, 0.5) is 11.1 Å². The van der Waals surface area contributed by atoms with Crippen LogP contribution in [0.3, 0.4) is 0 Å². The molecule has 0 bridgehead atoms. The predicted octanol–water partition coefficient (Wildman–Crippen LogP) is 2.62. The topological polar surface area (TPSA) is 93.0 Å². The number of likely N-dealkylation sites (tertiary alicyclic amines) is 1. The molecule has 0 saturated carbocycles. The van der Waals surface area contributed by atoms with E-state index in [0.717, 1.165) is 79.4 Å². The lowest BCUT2D eigenvalue weighted by Crippen LogP contribution is -2.41. The molecule has 3 aromatic heterocycles. The summed E-state index contributed by atoms with van der Waals surface area (Å²) in [7, 11) is 0. The molecule has 4 heterocycles. The molecule has 0 spiro atoms. The minimum absolute atomic E-state index is 0.419. The van der Waals surface area contributed by atoms with Gasteiger partial charge in [-0.25, -0.2) is 9.97 Å². The first-order valence-electron chi connectivity index (χ1n) is 10.6. The van der Waals surface area contributed by atoms with Crippen LogP contribution in [0.5, 0.6) is 0 Å². The summed E-state index contributed by atoms with van der Waals surface area (Å²) in [5.41, 5.74) is 1.84. The molecule has 1 fully saturated rings. The molecule has 1 saturated heterocycles. The Morgan fingerprint density at radius 2 is 2.10 bits per heavy atom. The number of piperidine rings is 1. The third-order valence-electron chi connectivity index (χ3n) is 5.32. The van der Waals surface area contributed by atoms with Crippen molar-refractivity contribution in [2.24, 2.45) is 0 Å². The number of hydrogen-bond donors (Lipinski definition) is 2. The van der Waals surface area contributed by atoms with Crippen LogP contribution in [0, 0.1) is 6.92 Å². The van der Waals surface area contributed by atoms with E-state index in [2.05, 4.69) is 35.3 Å². The molecule has 0 amide bonds. The first kappa shape index (κ1) is 21.0. The van der Waals surface area contributed by atoms with Gasteiger partial charge in [0.15, 0.2) is 5.65 Å². The van der Waals surface area contributed by atoms with E-state index < -0.39 is 0 Å². The monoisotopic (exact) mass is 430 g/mol. The largest absolute Gasteiger partial charge is 0.380 e. The van der Waals surface area contributed by atoms with E-state index in [1.165, 1.54) is 0 Å². The lowest BCUT2D eigenvalue weighted by molar-refractivity contribution is 0.140. The van der Waals surface area contributed by atoms with Gasteiger partial charge in [-0.05, 0) is 38.8 Å². The third-order valence-corrected chi connectivity index (χ3v) is 6.11. The van der Waals surface area contributed by atoms with Gasteiger partial charge in [-0.2, -0.15) is 0 Å². The number of pyridine rings is 1. The summed E-state index contributed by atoms with van der Waals surface area (Å²) in [5.74, 6) is 0.898. The quantitative estimate of drug-likeness (QED) is 0.474. The average Bonchev–Trinajstić information content (AvgIpc) is 3.33. The van der Waals surface area contributed by atoms with Gasteiger partial charge in [0.05, 0.1) is 13.2 Å². The van der Waals surface area contributed by atoms with Crippen LogP contribution in [0.1, 0.15) is 24.8 Å². The van der Waals surface area contributed by atoms with Crippen LogP contribution in [0.2, 0.25) is 0 Å². The summed E-state index contributed by atoms with van der Waals surface area (Å²) in [5, 5.41) is 17.1. The van der Waals surface area contributed by atoms with Crippen molar-refractivity contribution in [3.63, 3.8) is 0 Å². The Kier molecular flexibility index (Phi) is 7.08. The molecule has 0 radical (unpaired) electrons. The molecule has 3 aromatic rings. The fraction of sp³-hybridized carbons (Fsp3) is 0.600. The van der Waals surface area contributed by atoms with E-state index >= 15 is 0 Å². The minimum atomic E-state index is 0.419. The number of nitrogens with one attached hydrogen (secondary N) is 2. The molecule has 1 aliphatic rings. The maximum Gasteiger partial charge on any atom is 0.205 e. The summed E-state index contributed by atoms with van der Waals surface area (Å²) in [6.07, 6.45) is 4.01. The fourth-order valence-electron chi connectivity index (χ4n) is 3.75. The first-order chi connectivity index (χ1) is 14.7. The summed E-state index contributed by atoms with van der Waals surface area (Å²) in [6, 6.07) is 4.36. The molecule has 1 aliphatic heterocycles. The number of hydrogen-bond acceptors (Lipinski definition) is 9. The van der Waals surface area contributed by atoms with E-state index in [-0.39, 0.29) is 0 Å². The van der Waals surface area contributed by atoms with E-state index in [1.54, 1.807) is 11.3 Å². The number of aromatic nitrogens is 5. The molecule has 9 nitrogen and oxygen atoms in total. The Labute approximate surface area is 180 Å². The zero-order valence-corrected chi connectivity index (χ0v) is 18.5. The minimum Gasteiger partial charge on any atom is -0.380 e. The van der Waals surface area contributed by atoms with Gasteiger partial charge in [0, 0.05) is 45.0 Å². The second-order valence-electron chi connectivity index (χ2n) is 7.44. The average molecular weight is 431 g/mol. The lowest BCUT2D eigenvalue weighted by Gasteiger charge is -2.32. The maximum absolute atomic E-state index is 5.56. The van der Waals surface area contributed by atoms with Crippen molar-refractivity contribution in [2.75, 3.05) is 50.0 Å². The Bertz CT molecular complexity index is 934. The third kappa shape index (κ3) is 5.24. The smallest absolute Gasteiger partial charge is 0.205 e. The molecule has 0 aromatic carbocycles. The maximum atomic E-state index is 5.56. The van der Waals surface area contributed by atoms with Crippen molar-refractivity contribution < 1.29 is 4.74 Å². The number of nitrogens with zero attached hydrogens (tertiary/aromatic N) is 6. The van der Waals surface area contributed by atoms with Gasteiger partial charge in [0.1, 0.15) is 10.5 Å². The Balaban J connectivity index is 1.29. The van der Waals surface area contributed by atoms with Gasteiger partial charge in [-0.15, -0.1) is 10.2 Å². The van der Waals surface area contributed by atoms with Crippen LogP contribution >= 0.6 is 11.3 Å². The van der Waals surface area contributed by atoms with Crippen molar-refractivity contribution >= 4 is 33.6 Å². The van der Waals surface area contributed by atoms with Crippen molar-refractivity contribution in [1.29, 1.82) is 0 Å². The number of fused-ring (bicyclic) bond motifs is 1. The number of rotatable bonds is 10. The highest BCUT2D eigenvalue weighted by Crippen LogP contribution is 2.21. The Morgan fingerprint density at radius 3 is 2.87 bits per heavy atom. The second-order valence-corrected chi connectivity index (χ2v) is 8.63. The molecule has 10 heteroatoms. The summed E-state index contributed by atoms with van der Waals surface area (Å²) < 4.78 is 7.71. The van der Waals surface area contributed by atoms with E-state index in [1.807, 2.05) is 32.2 Å². The summed E-state index contributed by atoms with van der Waals surface area (Å²) in [4.78, 5) is 11.8. The first-order valence-corrected chi connectivity index (χ1v) is 11.5. The molecular weight excluding hydrogens is 400 g/mol. The number of ether oxygens (including phenoxy) is 1. The van der Waals surface area contributed by atoms with Gasteiger partial charge in [0.25, 0.3) is 0 Å². The van der Waals surface area contributed by atoms with Crippen molar-refractivity contribution in [3.05, 3.63) is 23.3 Å². The molecular formula is C20H30N8OS. The van der Waals surface area contributed by atoms with Crippen molar-refractivity contribution in [1.82, 2.24) is 29.6 Å². The zero-order valence-electron chi connectivity index (χ0n) is 17.7. The number of imidazole rings is 1. The van der Waals surface area contributed by atoms with E-state index in [0.29, 0.717) is 12.6 Å². The van der Waals surface area contributed by atoms with Gasteiger partial charge in [0.2, 0.25) is 11.1 Å². The van der Waals surface area contributed by atoms with Gasteiger partial charge in [-0.3, -0.25) is 4.57 Å². The zero-order chi connectivity index (χ0) is 20.8.